The summed E-state index contributed by atoms with van der Waals surface area (Å²) in [6.07, 6.45) is 5.74. The van der Waals surface area contributed by atoms with E-state index in [2.05, 4.69) is 33.4 Å². The average Bonchev–Trinajstić information content (AvgIpc) is 3.62. The topological polar surface area (TPSA) is 66.5 Å². The number of likely N-dealkylation sites (tertiary alicyclic amines) is 1. The van der Waals surface area contributed by atoms with Crippen molar-refractivity contribution in [1.29, 1.82) is 0 Å². The Morgan fingerprint density at radius 2 is 1.59 bits per heavy atom. The van der Waals surface area contributed by atoms with Crippen LogP contribution < -0.4 is 5.32 Å². The second-order valence-corrected chi connectivity index (χ2v) is 11.1. The Balaban J connectivity index is 1.34. The van der Waals surface area contributed by atoms with Gasteiger partial charge in [-0.3, -0.25) is 19.3 Å². The Kier molecular flexibility index (Phi) is 5.07. The molecule has 5 aliphatic rings. The van der Waals surface area contributed by atoms with Crippen LogP contribution in [0.25, 0.3) is 0 Å². The predicted molar refractivity (Wildman–Crippen MR) is 133 cm³/mol. The number of allylic oxidation sites excluding steroid dienone is 2. The summed E-state index contributed by atoms with van der Waals surface area (Å²) in [6, 6.07) is 12.5. The number of nitrogens with zero attached hydrogens (tertiary/aromatic N) is 1. The van der Waals surface area contributed by atoms with Gasteiger partial charge >= 0.3 is 0 Å². The Hall–Kier alpha value is -2.73. The van der Waals surface area contributed by atoms with Crippen molar-refractivity contribution in [3.05, 3.63) is 75.8 Å². The Labute approximate surface area is 207 Å². The number of carbonyl (C=O) groups is 3. The van der Waals surface area contributed by atoms with Crippen molar-refractivity contribution in [3.63, 3.8) is 0 Å². The van der Waals surface area contributed by atoms with Gasteiger partial charge in [0.1, 0.15) is 6.04 Å². The van der Waals surface area contributed by atoms with Crippen LogP contribution >= 0.6 is 15.9 Å². The number of hydrogen-bond acceptors (Lipinski definition) is 3. The molecule has 1 saturated heterocycles. The zero-order valence-electron chi connectivity index (χ0n) is 19.2. The maximum Gasteiger partial charge on any atom is 0.248 e. The summed E-state index contributed by atoms with van der Waals surface area (Å²) in [5, 5.41) is 3.03. The summed E-state index contributed by atoms with van der Waals surface area (Å²) < 4.78 is 0.972. The molecule has 3 fully saturated rings. The molecule has 174 valence electrons. The fourth-order valence-corrected chi connectivity index (χ4v) is 6.99. The van der Waals surface area contributed by atoms with Crippen LogP contribution in [0.1, 0.15) is 23.1 Å². The number of amides is 3. The molecule has 34 heavy (non-hydrogen) atoms. The summed E-state index contributed by atoms with van der Waals surface area (Å²) in [6.45, 7) is 3.95. The molecule has 2 saturated carbocycles. The molecule has 7 atom stereocenters. The molecular formula is C28H27BrN2O3. The summed E-state index contributed by atoms with van der Waals surface area (Å²) in [5.41, 5.74) is 3.61. The lowest BCUT2D eigenvalue weighted by atomic mass is 9.63. The van der Waals surface area contributed by atoms with Crippen molar-refractivity contribution in [3.8, 4) is 0 Å². The maximum atomic E-state index is 13.7. The van der Waals surface area contributed by atoms with Crippen molar-refractivity contribution in [1.82, 2.24) is 4.90 Å². The third kappa shape index (κ3) is 3.22. The van der Waals surface area contributed by atoms with Gasteiger partial charge < -0.3 is 5.32 Å². The first-order valence-corrected chi connectivity index (χ1v) is 12.8. The van der Waals surface area contributed by atoms with Gasteiger partial charge in [-0.1, -0.05) is 58.4 Å². The maximum absolute atomic E-state index is 13.7. The molecule has 4 aliphatic carbocycles. The van der Waals surface area contributed by atoms with E-state index in [1.54, 1.807) is 0 Å². The lowest BCUT2D eigenvalue weighted by Gasteiger charge is -2.37. The Morgan fingerprint density at radius 1 is 0.971 bits per heavy atom. The first-order chi connectivity index (χ1) is 16.4. The molecule has 2 aromatic rings. The summed E-state index contributed by atoms with van der Waals surface area (Å²) in [7, 11) is 0. The zero-order valence-corrected chi connectivity index (χ0v) is 20.8. The van der Waals surface area contributed by atoms with Crippen LogP contribution in [0, 0.1) is 49.4 Å². The number of halogens is 1. The molecule has 2 aromatic carbocycles. The van der Waals surface area contributed by atoms with Gasteiger partial charge in [-0.25, -0.2) is 0 Å². The smallest absolute Gasteiger partial charge is 0.248 e. The molecule has 0 spiro atoms. The monoisotopic (exact) mass is 518 g/mol. The number of anilines is 1. The van der Waals surface area contributed by atoms with Crippen LogP contribution in [0.5, 0.6) is 0 Å². The molecule has 7 rings (SSSR count). The van der Waals surface area contributed by atoms with Gasteiger partial charge in [0, 0.05) is 16.6 Å². The number of hydrogen-bond donors (Lipinski definition) is 1. The van der Waals surface area contributed by atoms with Crippen LogP contribution in [0.4, 0.5) is 5.69 Å². The van der Waals surface area contributed by atoms with E-state index in [9.17, 15) is 14.4 Å². The molecule has 3 amide bonds. The van der Waals surface area contributed by atoms with Gasteiger partial charge in [-0.2, -0.15) is 0 Å². The van der Waals surface area contributed by atoms with E-state index >= 15 is 0 Å². The van der Waals surface area contributed by atoms with Crippen LogP contribution in [0.3, 0.4) is 0 Å². The van der Waals surface area contributed by atoms with Gasteiger partial charge in [0.15, 0.2) is 0 Å². The van der Waals surface area contributed by atoms with Crippen molar-refractivity contribution in [2.24, 2.45) is 35.5 Å². The van der Waals surface area contributed by atoms with Gasteiger partial charge in [0.25, 0.3) is 0 Å². The lowest BCUT2D eigenvalue weighted by molar-refractivity contribution is -0.146. The first-order valence-electron chi connectivity index (χ1n) is 12.0. The molecule has 5 nitrogen and oxygen atoms in total. The van der Waals surface area contributed by atoms with Crippen LogP contribution in [-0.2, 0) is 20.8 Å². The van der Waals surface area contributed by atoms with Crippen molar-refractivity contribution < 1.29 is 14.4 Å². The molecule has 1 N–H and O–H groups in total. The minimum Gasteiger partial charge on any atom is -0.324 e. The molecule has 0 radical (unpaired) electrons. The standard InChI is InChI=1S/C28H27BrN2O3/c1-14-15(2)22(11-10-21(14)29)30-26(32)23(12-16-6-4-3-5-7-16)31-27(33)24-17-8-9-18(20-13-19(17)20)25(24)28(31)34/h3-11,17-20,23-25H,12-13H2,1-2H3,(H,30,32)/t17-,18-,19-,20-,23+,24+,25+/m1/s1. The van der Waals surface area contributed by atoms with Crippen LogP contribution in [0.2, 0.25) is 0 Å². The highest BCUT2D eigenvalue weighted by Crippen LogP contribution is 2.65. The Morgan fingerprint density at radius 3 is 2.21 bits per heavy atom. The number of benzene rings is 2. The molecule has 1 aliphatic heterocycles. The van der Waals surface area contributed by atoms with Gasteiger partial charge in [0.05, 0.1) is 11.8 Å². The summed E-state index contributed by atoms with van der Waals surface area (Å²) in [5.74, 6) is 0.0587. The van der Waals surface area contributed by atoms with Gasteiger partial charge in [0.2, 0.25) is 17.7 Å². The number of imide groups is 1. The Bertz CT molecular complexity index is 1200. The number of rotatable bonds is 5. The normalized spacial score (nSPS) is 31.3. The van der Waals surface area contributed by atoms with Crippen molar-refractivity contribution >= 4 is 39.3 Å². The fourth-order valence-electron chi connectivity index (χ4n) is 6.56. The quantitative estimate of drug-likeness (QED) is 0.462. The minimum absolute atomic E-state index is 0.137. The number of nitrogens with one attached hydrogen (secondary N) is 1. The molecule has 6 heteroatoms. The SMILES string of the molecule is Cc1c(Br)ccc(NC(=O)[C@H](Cc2ccccc2)N2C(=O)[C@H]3[C@@H]4C=C[C@H]([C@H]5C[C@H]45)[C@@H]3C2=O)c1C. The molecule has 0 aromatic heterocycles. The van der Waals surface area contributed by atoms with Gasteiger partial charge in [-0.05, 0) is 72.8 Å². The first kappa shape index (κ1) is 21.8. The second kappa shape index (κ2) is 7.91. The van der Waals surface area contributed by atoms with Crippen molar-refractivity contribution in [2.75, 3.05) is 5.32 Å². The van der Waals surface area contributed by atoms with E-state index in [0.29, 0.717) is 23.9 Å². The highest BCUT2D eigenvalue weighted by atomic mass is 79.9. The van der Waals surface area contributed by atoms with Crippen molar-refractivity contribution in [2.45, 2.75) is 32.7 Å². The van der Waals surface area contributed by atoms with E-state index in [4.69, 9.17) is 0 Å². The highest BCUT2D eigenvalue weighted by Gasteiger charge is 2.67. The van der Waals surface area contributed by atoms with Crippen LogP contribution in [0.15, 0.2) is 59.1 Å². The predicted octanol–water partition coefficient (Wildman–Crippen LogP) is 4.67. The summed E-state index contributed by atoms with van der Waals surface area (Å²) in [4.78, 5) is 42.5. The second-order valence-electron chi connectivity index (χ2n) is 10.2. The molecule has 1 heterocycles. The number of carbonyl (C=O) groups excluding carboxylic acids is 3. The largest absolute Gasteiger partial charge is 0.324 e. The minimum atomic E-state index is -0.882. The van der Waals surface area contributed by atoms with E-state index < -0.39 is 6.04 Å². The third-order valence-electron chi connectivity index (χ3n) is 8.56. The molecular weight excluding hydrogens is 492 g/mol. The highest BCUT2D eigenvalue weighted by molar-refractivity contribution is 9.10. The molecule has 0 unspecified atom stereocenters. The molecule has 2 bridgehead atoms. The van der Waals surface area contributed by atoms with E-state index in [1.807, 2.05) is 56.3 Å². The van der Waals surface area contributed by atoms with E-state index in [1.165, 1.54) is 4.90 Å². The van der Waals surface area contributed by atoms with E-state index in [0.717, 1.165) is 27.6 Å². The summed E-state index contributed by atoms with van der Waals surface area (Å²) >= 11 is 3.53. The van der Waals surface area contributed by atoms with E-state index in [-0.39, 0.29) is 41.4 Å². The fraction of sp³-hybridized carbons (Fsp3) is 0.393. The van der Waals surface area contributed by atoms with Gasteiger partial charge in [-0.15, -0.1) is 0 Å². The lowest BCUT2D eigenvalue weighted by Crippen LogP contribution is -2.49. The zero-order chi connectivity index (χ0) is 23.7. The average molecular weight is 519 g/mol. The van der Waals surface area contributed by atoms with Crippen LogP contribution in [-0.4, -0.2) is 28.7 Å². The third-order valence-corrected chi connectivity index (χ3v) is 9.42.